The standard InChI is InChI=1S/C10H13N3O2/c1-3-10(14)13-8-4-7(12)9(15-2)5-6(8)11/h3-5H,1,11-12H2,2H3,(H,13,14). The summed E-state index contributed by atoms with van der Waals surface area (Å²) in [5, 5.41) is 2.53. The van der Waals surface area contributed by atoms with Crippen LogP contribution < -0.4 is 21.5 Å². The van der Waals surface area contributed by atoms with E-state index in [1.54, 1.807) is 6.07 Å². The van der Waals surface area contributed by atoms with Gasteiger partial charge in [-0.25, -0.2) is 0 Å². The highest BCUT2D eigenvalue weighted by Gasteiger charge is 2.07. The van der Waals surface area contributed by atoms with E-state index < -0.39 is 0 Å². The van der Waals surface area contributed by atoms with Crippen LogP contribution in [-0.4, -0.2) is 13.0 Å². The van der Waals surface area contributed by atoms with Crippen LogP contribution in [-0.2, 0) is 4.79 Å². The zero-order valence-electron chi connectivity index (χ0n) is 8.41. The second-order valence-corrected chi connectivity index (χ2v) is 2.87. The molecular weight excluding hydrogens is 194 g/mol. The minimum absolute atomic E-state index is 0.341. The molecule has 5 nitrogen and oxygen atoms in total. The van der Waals surface area contributed by atoms with Crippen LogP contribution in [0, 0.1) is 0 Å². The van der Waals surface area contributed by atoms with Crippen molar-refractivity contribution in [2.24, 2.45) is 0 Å². The van der Waals surface area contributed by atoms with E-state index >= 15 is 0 Å². The summed E-state index contributed by atoms with van der Waals surface area (Å²) < 4.78 is 4.97. The van der Waals surface area contributed by atoms with Crippen LogP contribution in [0.5, 0.6) is 5.75 Å². The van der Waals surface area contributed by atoms with Crippen LogP contribution in [0.15, 0.2) is 24.8 Å². The molecule has 0 spiro atoms. The van der Waals surface area contributed by atoms with Gasteiger partial charge in [-0.3, -0.25) is 4.79 Å². The minimum atomic E-state index is -0.341. The minimum Gasteiger partial charge on any atom is -0.495 e. The van der Waals surface area contributed by atoms with Crippen LogP contribution in [0.4, 0.5) is 17.1 Å². The average Bonchev–Trinajstić information content (AvgIpc) is 2.22. The summed E-state index contributed by atoms with van der Waals surface area (Å²) in [6.07, 6.45) is 1.15. The summed E-state index contributed by atoms with van der Waals surface area (Å²) in [6.45, 7) is 3.33. The fraction of sp³-hybridized carbons (Fsp3) is 0.100. The van der Waals surface area contributed by atoms with Gasteiger partial charge in [0.05, 0.1) is 24.2 Å². The van der Waals surface area contributed by atoms with Crippen molar-refractivity contribution in [3.63, 3.8) is 0 Å². The first-order valence-corrected chi connectivity index (χ1v) is 4.25. The Morgan fingerprint density at radius 1 is 1.47 bits per heavy atom. The lowest BCUT2D eigenvalue weighted by molar-refractivity contribution is -0.111. The first-order valence-electron chi connectivity index (χ1n) is 4.25. The zero-order valence-corrected chi connectivity index (χ0v) is 8.41. The van der Waals surface area contributed by atoms with E-state index in [4.69, 9.17) is 16.2 Å². The molecule has 0 heterocycles. The first kappa shape index (κ1) is 10.9. The van der Waals surface area contributed by atoms with Gasteiger partial charge >= 0.3 is 0 Å². The average molecular weight is 207 g/mol. The first-order chi connectivity index (χ1) is 7.08. The molecule has 0 saturated heterocycles. The van der Waals surface area contributed by atoms with E-state index in [0.717, 1.165) is 6.08 Å². The van der Waals surface area contributed by atoms with Gasteiger partial charge in [0.2, 0.25) is 5.91 Å². The van der Waals surface area contributed by atoms with E-state index in [-0.39, 0.29) is 5.91 Å². The zero-order chi connectivity index (χ0) is 11.4. The van der Waals surface area contributed by atoms with Gasteiger partial charge in [0.15, 0.2) is 0 Å². The van der Waals surface area contributed by atoms with Crippen molar-refractivity contribution in [1.29, 1.82) is 0 Å². The number of hydrogen-bond acceptors (Lipinski definition) is 4. The van der Waals surface area contributed by atoms with Crippen LogP contribution >= 0.6 is 0 Å². The van der Waals surface area contributed by atoms with Crippen LogP contribution in [0.2, 0.25) is 0 Å². The maximum atomic E-state index is 11.0. The Morgan fingerprint density at radius 3 is 2.67 bits per heavy atom. The molecule has 0 bridgehead atoms. The third kappa shape index (κ3) is 2.40. The van der Waals surface area contributed by atoms with Crippen molar-refractivity contribution in [3.05, 3.63) is 24.8 Å². The fourth-order valence-electron chi connectivity index (χ4n) is 1.08. The third-order valence-corrected chi connectivity index (χ3v) is 1.85. The number of nitrogen functional groups attached to an aromatic ring is 2. The highest BCUT2D eigenvalue weighted by molar-refractivity contribution is 6.01. The number of benzene rings is 1. The Balaban J connectivity index is 3.05. The fourth-order valence-corrected chi connectivity index (χ4v) is 1.08. The molecule has 0 aliphatic heterocycles. The molecule has 5 heteroatoms. The molecule has 0 fully saturated rings. The maximum absolute atomic E-state index is 11.0. The Bertz CT molecular complexity index is 402. The number of carbonyl (C=O) groups is 1. The van der Waals surface area contributed by atoms with Crippen LogP contribution in [0.1, 0.15) is 0 Å². The van der Waals surface area contributed by atoms with Gasteiger partial charge in [-0.05, 0) is 12.1 Å². The number of hydrogen-bond donors (Lipinski definition) is 3. The number of nitrogens with one attached hydrogen (secondary N) is 1. The van der Waals surface area contributed by atoms with Crippen molar-refractivity contribution in [2.45, 2.75) is 0 Å². The molecule has 5 N–H and O–H groups in total. The van der Waals surface area contributed by atoms with Crippen molar-refractivity contribution < 1.29 is 9.53 Å². The SMILES string of the molecule is C=CC(=O)Nc1cc(N)c(OC)cc1N. The molecular formula is C10H13N3O2. The molecule has 0 aliphatic carbocycles. The van der Waals surface area contributed by atoms with Gasteiger partial charge in [-0.15, -0.1) is 0 Å². The number of carbonyl (C=O) groups excluding carboxylic acids is 1. The lowest BCUT2D eigenvalue weighted by Gasteiger charge is -2.10. The summed E-state index contributed by atoms with van der Waals surface area (Å²) in [5.74, 6) is 0.135. The molecule has 0 unspecified atom stereocenters. The molecule has 15 heavy (non-hydrogen) atoms. The predicted octanol–water partition coefficient (Wildman–Crippen LogP) is 0.984. The van der Waals surface area contributed by atoms with Crippen molar-refractivity contribution in [2.75, 3.05) is 23.9 Å². The molecule has 0 radical (unpaired) electrons. The second kappa shape index (κ2) is 4.36. The number of amides is 1. The van der Waals surface area contributed by atoms with E-state index in [1.807, 2.05) is 0 Å². The summed E-state index contributed by atoms with van der Waals surface area (Å²) >= 11 is 0. The quantitative estimate of drug-likeness (QED) is 0.509. The predicted molar refractivity (Wildman–Crippen MR) is 60.6 cm³/mol. The highest BCUT2D eigenvalue weighted by Crippen LogP contribution is 2.30. The summed E-state index contributed by atoms with van der Waals surface area (Å²) in [6, 6.07) is 3.09. The molecule has 1 rings (SSSR count). The van der Waals surface area contributed by atoms with Crippen LogP contribution in [0.25, 0.3) is 0 Å². The Hall–Kier alpha value is -2.17. The molecule has 0 atom stereocenters. The van der Waals surface area contributed by atoms with E-state index in [9.17, 15) is 4.79 Å². The van der Waals surface area contributed by atoms with Gasteiger partial charge in [-0.1, -0.05) is 6.58 Å². The molecule has 0 aromatic heterocycles. The highest BCUT2D eigenvalue weighted by atomic mass is 16.5. The molecule has 0 saturated carbocycles. The smallest absolute Gasteiger partial charge is 0.247 e. The monoisotopic (exact) mass is 207 g/mol. The van der Waals surface area contributed by atoms with Gasteiger partial charge in [-0.2, -0.15) is 0 Å². The molecule has 1 amide bonds. The van der Waals surface area contributed by atoms with E-state index in [1.165, 1.54) is 13.2 Å². The number of rotatable bonds is 3. The van der Waals surface area contributed by atoms with E-state index in [2.05, 4.69) is 11.9 Å². The summed E-state index contributed by atoms with van der Waals surface area (Å²) in [4.78, 5) is 11.0. The topological polar surface area (TPSA) is 90.4 Å². The molecule has 0 aliphatic rings. The molecule has 1 aromatic rings. The second-order valence-electron chi connectivity index (χ2n) is 2.87. The Labute approximate surface area is 87.7 Å². The summed E-state index contributed by atoms with van der Waals surface area (Å²) in [5.41, 5.74) is 12.6. The lowest BCUT2D eigenvalue weighted by Crippen LogP contribution is -2.10. The number of nitrogens with two attached hydrogens (primary N) is 2. The number of anilines is 3. The maximum Gasteiger partial charge on any atom is 0.247 e. The lowest BCUT2D eigenvalue weighted by atomic mass is 10.2. The van der Waals surface area contributed by atoms with Gasteiger partial charge in [0, 0.05) is 6.07 Å². The number of methoxy groups -OCH3 is 1. The van der Waals surface area contributed by atoms with Gasteiger partial charge in [0.1, 0.15) is 5.75 Å². The van der Waals surface area contributed by atoms with Crippen molar-refractivity contribution >= 4 is 23.0 Å². The van der Waals surface area contributed by atoms with Crippen LogP contribution in [0.3, 0.4) is 0 Å². The van der Waals surface area contributed by atoms with Gasteiger partial charge in [0.25, 0.3) is 0 Å². The largest absolute Gasteiger partial charge is 0.495 e. The van der Waals surface area contributed by atoms with Crippen molar-refractivity contribution in [1.82, 2.24) is 0 Å². The molecule has 1 aromatic carbocycles. The van der Waals surface area contributed by atoms with E-state index in [0.29, 0.717) is 22.8 Å². The normalized spacial score (nSPS) is 9.40. The summed E-state index contributed by atoms with van der Waals surface area (Å²) in [7, 11) is 1.49. The van der Waals surface area contributed by atoms with Gasteiger partial charge < -0.3 is 21.5 Å². The number of ether oxygens (including phenoxy) is 1. The Kier molecular flexibility index (Phi) is 3.17. The third-order valence-electron chi connectivity index (χ3n) is 1.85. The molecule has 80 valence electrons. The Morgan fingerprint density at radius 2 is 2.13 bits per heavy atom. The van der Waals surface area contributed by atoms with Crippen molar-refractivity contribution in [3.8, 4) is 5.75 Å².